The van der Waals surface area contributed by atoms with E-state index in [1.54, 1.807) is 7.05 Å². The zero-order chi connectivity index (χ0) is 10.0. The molecule has 0 atom stereocenters. The van der Waals surface area contributed by atoms with E-state index in [9.17, 15) is 13.2 Å². The van der Waals surface area contributed by atoms with Gasteiger partial charge in [0.2, 0.25) is 25.0 Å². The molecule has 1 rings (SSSR count). The lowest BCUT2D eigenvalue weighted by molar-refractivity contribution is -0.116. The van der Waals surface area contributed by atoms with Crippen molar-refractivity contribution in [3.8, 4) is 0 Å². The molecule has 0 unspecified atom stereocenters. The molecule has 80 valence electrons. The van der Waals surface area contributed by atoms with Crippen LogP contribution in [0.2, 0.25) is 0 Å². The van der Waals surface area contributed by atoms with Crippen LogP contribution in [0.3, 0.4) is 0 Å². The van der Waals surface area contributed by atoms with Crippen molar-refractivity contribution in [3.05, 3.63) is 8.76 Å². The third kappa shape index (κ3) is 2.94. The van der Waals surface area contributed by atoms with E-state index < -0.39 is 10.3 Å². The molecule has 1 aromatic rings. The average molecular weight is 238 g/mol. The summed E-state index contributed by atoms with van der Waals surface area (Å²) >= 11 is 0.903. The normalized spacial score (nSPS) is 10.9. The second-order valence-electron chi connectivity index (χ2n) is 2.21. The highest BCUT2D eigenvalue weighted by Crippen LogP contribution is 1.86. The molecule has 0 spiro atoms. The molecule has 0 aliphatic carbocycles. The third-order valence-electron chi connectivity index (χ3n) is 1.13. The summed E-state index contributed by atoms with van der Waals surface area (Å²) in [7, 11) is -0.734. The molecule has 0 fully saturated rings. The topological polar surface area (TPSA) is 119 Å². The zero-order valence-electron chi connectivity index (χ0n) is 7.64. The summed E-state index contributed by atoms with van der Waals surface area (Å²) in [6.07, 6.45) is 0. The van der Waals surface area contributed by atoms with Gasteiger partial charge in [-0.3, -0.25) is 14.6 Å². The molecule has 1 aromatic heterocycles. The number of nitrogens with one attached hydrogen (secondary N) is 1. The minimum absolute atomic E-state index is 0. The second kappa shape index (κ2) is 4.88. The molecule has 0 radical (unpaired) electrons. The standard InChI is InChI=1S/C5H7N3O3S2.H3N/c1-3(9)6-4-8(2)7-5(12-4)13(10)11;/h7H,1-2H3;1H3. The highest BCUT2D eigenvalue weighted by Gasteiger charge is 1.95. The van der Waals surface area contributed by atoms with Crippen molar-refractivity contribution < 1.29 is 13.2 Å². The lowest BCUT2D eigenvalue weighted by Gasteiger charge is -1.85. The molecule has 1 amide bonds. The van der Waals surface area contributed by atoms with Crippen molar-refractivity contribution in [1.82, 2.24) is 15.9 Å². The first-order valence-corrected chi connectivity index (χ1v) is 5.13. The number of H-pyrrole nitrogens is 1. The van der Waals surface area contributed by atoms with Crippen LogP contribution >= 0.6 is 11.3 Å². The van der Waals surface area contributed by atoms with Crippen molar-refractivity contribution in [2.45, 2.75) is 6.92 Å². The van der Waals surface area contributed by atoms with E-state index in [1.165, 1.54) is 11.6 Å². The molecule has 0 saturated heterocycles. The minimum Gasteiger partial charge on any atom is -0.344 e. The van der Waals surface area contributed by atoms with Crippen LogP contribution in [0.4, 0.5) is 0 Å². The van der Waals surface area contributed by atoms with Gasteiger partial charge in [0, 0.05) is 14.0 Å². The fourth-order valence-electron chi connectivity index (χ4n) is 0.663. The number of carbonyl (C=O) groups excluding carboxylic acids is 1. The van der Waals surface area contributed by atoms with E-state index in [0.29, 0.717) is 4.80 Å². The van der Waals surface area contributed by atoms with Crippen molar-refractivity contribution in [1.29, 1.82) is 0 Å². The van der Waals surface area contributed by atoms with Crippen LogP contribution < -0.4 is 11.0 Å². The summed E-state index contributed by atoms with van der Waals surface area (Å²) in [6, 6.07) is 0. The summed E-state index contributed by atoms with van der Waals surface area (Å²) in [5, 5.41) is 2.53. The van der Waals surface area contributed by atoms with Crippen molar-refractivity contribution in [3.63, 3.8) is 0 Å². The van der Waals surface area contributed by atoms with Gasteiger partial charge in [-0.15, -0.1) is 0 Å². The molecule has 9 heteroatoms. The third-order valence-corrected chi connectivity index (χ3v) is 3.01. The number of hydrogen-bond acceptors (Lipinski definition) is 5. The van der Waals surface area contributed by atoms with E-state index in [2.05, 4.69) is 10.1 Å². The summed E-state index contributed by atoms with van der Waals surface area (Å²) in [5.74, 6) is -0.367. The number of rotatable bonds is 0. The van der Waals surface area contributed by atoms with Crippen LogP contribution in [0.15, 0.2) is 4.99 Å². The lowest BCUT2D eigenvalue weighted by atomic mass is 10.8. The summed E-state index contributed by atoms with van der Waals surface area (Å²) in [5.41, 5.74) is 0. The maximum Gasteiger partial charge on any atom is 0.250 e. The number of aryl methyl sites for hydroxylation is 1. The van der Waals surface area contributed by atoms with Crippen LogP contribution in [0.5, 0.6) is 0 Å². The van der Waals surface area contributed by atoms with Gasteiger partial charge >= 0.3 is 0 Å². The first-order chi connectivity index (χ1) is 6.00. The monoisotopic (exact) mass is 238 g/mol. The molecule has 0 bridgehead atoms. The highest BCUT2D eigenvalue weighted by molar-refractivity contribution is 7.66. The molecule has 0 aliphatic heterocycles. The average Bonchev–Trinajstić information content (AvgIpc) is 2.31. The van der Waals surface area contributed by atoms with Crippen molar-refractivity contribution >= 4 is 27.5 Å². The van der Waals surface area contributed by atoms with Crippen LogP contribution in [0, 0.1) is 3.95 Å². The van der Waals surface area contributed by atoms with E-state index in [0.717, 1.165) is 11.3 Å². The van der Waals surface area contributed by atoms with Gasteiger partial charge in [0.15, 0.2) is 0 Å². The summed E-state index contributed by atoms with van der Waals surface area (Å²) in [4.78, 5) is 14.5. The SMILES string of the molecule is CC(=O)N=c1sc(=S(=O)=O)[nH]n1C.N. The predicted molar refractivity (Wildman–Crippen MR) is 51.1 cm³/mol. The Labute approximate surface area is 84.8 Å². The van der Waals surface area contributed by atoms with Crippen molar-refractivity contribution in [2.75, 3.05) is 0 Å². The fourth-order valence-corrected chi connectivity index (χ4v) is 2.08. The summed E-state index contributed by atoms with van der Waals surface area (Å²) in [6.45, 7) is 1.30. The van der Waals surface area contributed by atoms with Gasteiger partial charge in [-0.2, -0.15) is 13.4 Å². The molecular formula is C5H10N4O3S2. The second-order valence-corrected chi connectivity index (χ2v) is 4.32. The largest absolute Gasteiger partial charge is 0.344 e. The summed E-state index contributed by atoms with van der Waals surface area (Å²) < 4.78 is 22.4. The number of carbonyl (C=O) groups is 1. The molecule has 0 aromatic carbocycles. The number of hydrogen-bond donors (Lipinski definition) is 2. The Kier molecular flexibility index (Phi) is 4.47. The van der Waals surface area contributed by atoms with Crippen LogP contribution in [0.1, 0.15) is 6.92 Å². The molecule has 0 saturated carbocycles. The Bertz CT molecular complexity index is 550. The van der Waals surface area contributed by atoms with Crippen LogP contribution in [-0.2, 0) is 22.1 Å². The quantitative estimate of drug-likeness (QED) is 0.588. The molecule has 14 heavy (non-hydrogen) atoms. The lowest BCUT2D eigenvalue weighted by Crippen LogP contribution is -2.13. The number of aromatic amines is 1. The Balaban J connectivity index is 0.00000169. The van der Waals surface area contributed by atoms with Crippen molar-refractivity contribution in [2.24, 2.45) is 12.0 Å². The molecule has 7 nitrogen and oxygen atoms in total. The van der Waals surface area contributed by atoms with E-state index in [-0.39, 0.29) is 16.0 Å². The van der Waals surface area contributed by atoms with Gasteiger partial charge in [0.1, 0.15) is 0 Å². The first-order valence-electron chi connectivity index (χ1n) is 3.24. The van der Waals surface area contributed by atoms with E-state index in [4.69, 9.17) is 0 Å². The minimum atomic E-state index is -2.31. The van der Waals surface area contributed by atoms with Crippen LogP contribution in [-0.4, -0.2) is 24.1 Å². The molecule has 0 aliphatic rings. The molecular weight excluding hydrogens is 228 g/mol. The van der Waals surface area contributed by atoms with E-state index >= 15 is 0 Å². The predicted octanol–water partition coefficient (Wildman–Crippen LogP) is -0.565. The Hall–Kier alpha value is -1.19. The van der Waals surface area contributed by atoms with Gasteiger partial charge < -0.3 is 6.15 Å². The number of aromatic nitrogens is 2. The smallest absolute Gasteiger partial charge is 0.250 e. The maximum atomic E-state index is 10.6. The van der Waals surface area contributed by atoms with Gasteiger partial charge in [0.05, 0.1) is 0 Å². The van der Waals surface area contributed by atoms with Gasteiger partial charge in [0.25, 0.3) is 0 Å². The highest BCUT2D eigenvalue weighted by atomic mass is 32.2. The van der Waals surface area contributed by atoms with Gasteiger partial charge in [-0.05, 0) is 0 Å². The fraction of sp³-hybridized carbons (Fsp3) is 0.400. The van der Waals surface area contributed by atoms with Crippen LogP contribution in [0.25, 0.3) is 0 Å². The Morgan fingerprint density at radius 3 is 2.50 bits per heavy atom. The number of nitrogens with zero attached hydrogens (tertiary/aromatic N) is 2. The first kappa shape index (κ1) is 12.8. The maximum absolute atomic E-state index is 10.6. The molecule has 1 heterocycles. The van der Waals surface area contributed by atoms with Gasteiger partial charge in [-0.25, -0.2) is 0 Å². The number of amides is 1. The Morgan fingerprint density at radius 2 is 2.14 bits per heavy atom. The Morgan fingerprint density at radius 1 is 1.57 bits per heavy atom. The van der Waals surface area contributed by atoms with E-state index in [1.807, 2.05) is 0 Å². The van der Waals surface area contributed by atoms with Gasteiger partial charge in [-0.1, -0.05) is 11.3 Å². The zero-order valence-corrected chi connectivity index (χ0v) is 9.28. The molecule has 4 N–H and O–H groups in total.